The molecule has 0 radical (unpaired) electrons. The summed E-state index contributed by atoms with van der Waals surface area (Å²) in [6.45, 7) is 8.49. The lowest BCUT2D eigenvalue weighted by atomic mass is 10.1. The van der Waals surface area contributed by atoms with Gasteiger partial charge in [0.1, 0.15) is 0 Å². The first-order chi connectivity index (χ1) is 11.5. The van der Waals surface area contributed by atoms with E-state index in [1.165, 1.54) is 11.1 Å². The van der Waals surface area contributed by atoms with Gasteiger partial charge in [-0.15, -0.1) is 0 Å². The molecule has 6 nitrogen and oxygen atoms in total. The van der Waals surface area contributed by atoms with Gasteiger partial charge in [-0.1, -0.05) is 39.5 Å². The summed E-state index contributed by atoms with van der Waals surface area (Å²) in [4.78, 5) is 17.5. The highest BCUT2D eigenvalue weighted by Crippen LogP contribution is 2.51. The van der Waals surface area contributed by atoms with Gasteiger partial charge >= 0.3 is 21.0 Å². The van der Waals surface area contributed by atoms with Crippen molar-refractivity contribution in [2.24, 2.45) is 0 Å². The molecule has 0 aromatic carbocycles. The maximum Gasteiger partial charge on any atom is 0.411 e. The lowest BCUT2D eigenvalue weighted by Gasteiger charge is -2.03. The van der Waals surface area contributed by atoms with Crippen LogP contribution in [0.5, 0.6) is 0 Å². The topological polar surface area (TPSA) is 104 Å². The highest BCUT2D eigenvalue weighted by Gasteiger charge is 2.43. The van der Waals surface area contributed by atoms with Crippen LogP contribution in [0.4, 0.5) is 0 Å². The Morgan fingerprint density at radius 1 is 1.04 bits per heavy atom. The minimum absolute atomic E-state index is 0.198. The lowest BCUT2D eigenvalue weighted by Crippen LogP contribution is -2.04. The molecule has 2 atom stereocenters. The van der Waals surface area contributed by atoms with Gasteiger partial charge in [0.2, 0.25) is 6.35 Å². The highest BCUT2D eigenvalue weighted by molar-refractivity contribution is 7.67. The predicted molar refractivity (Wildman–Crippen MR) is 102 cm³/mol. The molecule has 0 rings (SSSR count). The van der Waals surface area contributed by atoms with Gasteiger partial charge < -0.3 is 19.6 Å². The van der Waals surface area contributed by atoms with Crippen molar-refractivity contribution in [3.05, 3.63) is 34.9 Å². The Hall–Kier alpha value is -0.610. The molecular formula is C17H31O6P2+. The van der Waals surface area contributed by atoms with Crippen LogP contribution < -0.4 is 0 Å². The summed E-state index contributed by atoms with van der Waals surface area (Å²) in [5, 5.41) is 9.17. The fourth-order valence-electron chi connectivity index (χ4n) is 1.92. The summed E-state index contributed by atoms with van der Waals surface area (Å²) >= 11 is 0. The molecule has 0 saturated heterocycles. The predicted octanol–water partition coefficient (Wildman–Crippen LogP) is 4.66. The molecule has 0 aliphatic rings. The molecule has 3 N–H and O–H groups in total. The van der Waals surface area contributed by atoms with Crippen LogP contribution in [-0.4, -0.2) is 33.4 Å². The third-order valence-electron chi connectivity index (χ3n) is 3.45. The maximum atomic E-state index is 11.5. The van der Waals surface area contributed by atoms with E-state index >= 15 is 0 Å². The Labute approximate surface area is 151 Å². The Morgan fingerprint density at radius 3 is 2.08 bits per heavy atom. The second-order valence-electron chi connectivity index (χ2n) is 6.31. The van der Waals surface area contributed by atoms with Gasteiger partial charge in [0.05, 0.1) is 6.61 Å². The molecule has 0 spiro atoms. The monoisotopic (exact) mass is 393 g/mol. The Morgan fingerprint density at radius 2 is 1.56 bits per heavy atom. The highest BCUT2D eigenvalue weighted by atomic mass is 31.2. The van der Waals surface area contributed by atoms with Crippen molar-refractivity contribution in [1.82, 2.24) is 0 Å². The molecule has 0 aliphatic carbocycles. The largest absolute Gasteiger partial charge is 0.411 e. The minimum Gasteiger partial charge on any atom is -0.341 e. The number of allylic oxidation sites excluding steroid dienone is 5. The van der Waals surface area contributed by atoms with Crippen LogP contribution in [0.1, 0.15) is 53.4 Å². The third kappa shape index (κ3) is 13.3. The molecular weight excluding hydrogens is 362 g/mol. The Kier molecular flexibility index (Phi) is 12.4. The normalized spacial score (nSPS) is 15.1. The van der Waals surface area contributed by atoms with Gasteiger partial charge in [-0.3, -0.25) is 4.57 Å². The van der Waals surface area contributed by atoms with E-state index in [1.807, 2.05) is 13.0 Å². The summed E-state index contributed by atoms with van der Waals surface area (Å²) in [6.07, 6.45) is 9.87. The van der Waals surface area contributed by atoms with E-state index in [0.717, 1.165) is 31.3 Å². The van der Waals surface area contributed by atoms with Crippen molar-refractivity contribution in [3.8, 4) is 0 Å². The van der Waals surface area contributed by atoms with Gasteiger partial charge in [0.25, 0.3) is 0 Å². The van der Waals surface area contributed by atoms with Crippen LogP contribution in [0.15, 0.2) is 34.9 Å². The summed E-state index contributed by atoms with van der Waals surface area (Å²) in [7, 11) is -7.27. The second kappa shape index (κ2) is 12.7. The van der Waals surface area contributed by atoms with Crippen LogP contribution in [0.25, 0.3) is 0 Å². The van der Waals surface area contributed by atoms with Crippen molar-refractivity contribution in [2.75, 3.05) is 13.0 Å². The molecule has 0 heterocycles. The molecule has 0 aliphatic heterocycles. The van der Waals surface area contributed by atoms with Crippen LogP contribution in [0.2, 0.25) is 0 Å². The van der Waals surface area contributed by atoms with Crippen molar-refractivity contribution in [1.29, 1.82) is 0 Å². The van der Waals surface area contributed by atoms with Gasteiger partial charge in [-0.25, -0.2) is 0 Å². The number of hydrogen-bond acceptors (Lipinski definition) is 4. The van der Waals surface area contributed by atoms with Crippen molar-refractivity contribution >= 4 is 15.4 Å². The van der Waals surface area contributed by atoms with Crippen molar-refractivity contribution in [2.45, 2.75) is 59.0 Å². The molecule has 0 fully saturated rings. The summed E-state index contributed by atoms with van der Waals surface area (Å²) < 4.78 is 27.3. The SMILES string of the molecule is CC(C)=CCCC(C)=CCCC(C)=CCOC[P+](=O)C(O)P(=O)(O)O. The van der Waals surface area contributed by atoms with E-state index in [2.05, 4.69) is 32.9 Å². The molecule has 0 amide bonds. The fourth-order valence-corrected chi connectivity index (χ4v) is 3.88. The number of ether oxygens (including phenoxy) is 1. The lowest BCUT2D eigenvalue weighted by molar-refractivity contribution is 0.200. The fraction of sp³-hybridized carbons (Fsp3) is 0.647. The number of aliphatic hydroxyl groups excluding tert-OH is 1. The van der Waals surface area contributed by atoms with Crippen molar-refractivity contribution in [3.63, 3.8) is 0 Å². The number of hydrogen-bond donors (Lipinski definition) is 3. The van der Waals surface area contributed by atoms with E-state index < -0.39 is 21.0 Å². The van der Waals surface area contributed by atoms with Crippen LogP contribution in [-0.2, 0) is 13.9 Å². The summed E-state index contributed by atoms with van der Waals surface area (Å²) in [6, 6.07) is 0. The molecule has 25 heavy (non-hydrogen) atoms. The van der Waals surface area contributed by atoms with E-state index in [0.29, 0.717) is 0 Å². The average molecular weight is 393 g/mol. The zero-order chi connectivity index (χ0) is 19.5. The number of rotatable bonds is 12. The molecule has 0 aromatic rings. The van der Waals surface area contributed by atoms with E-state index in [1.54, 1.807) is 0 Å². The first-order valence-electron chi connectivity index (χ1n) is 8.23. The zero-order valence-electron chi connectivity index (χ0n) is 15.5. The quantitative estimate of drug-likeness (QED) is 0.253. The molecule has 0 aromatic heterocycles. The smallest absolute Gasteiger partial charge is 0.341 e. The van der Waals surface area contributed by atoms with E-state index in [9.17, 15) is 14.2 Å². The van der Waals surface area contributed by atoms with Crippen molar-refractivity contribution < 1.29 is 28.8 Å². The van der Waals surface area contributed by atoms with Gasteiger partial charge in [0, 0.05) is 0 Å². The molecule has 8 heteroatoms. The Bertz CT molecular complexity index is 555. The first-order valence-corrected chi connectivity index (χ1v) is 11.4. The molecule has 0 saturated carbocycles. The first kappa shape index (κ1) is 24.4. The van der Waals surface area contributed by atoms with E-state index in [4.69, 9.17) is 14.5 Å². The van der Waals surface area contributed by atoms with Crippen LogP contribution in [0.3, 0.4) is 0 Å². The van der Waals surface area contributed by atoms with Gasteiger partial charge in [-0.05, 0) is 53.4 Å². The molecule has 0 bridgehead atoms. The minimum atomic E-state index is -4.75. The van der Waals surface area contributed by atoms with Crippen LogP contribution in [0, 0.1) is 0 Å². The van der Waals surface area contributed by atoms with Gasteiger partial charge in [0.15, 0.2) is 0 Å². The van der Waals surface area contributed by atoms with E-state index in [-0.39, 0.29) is 13.0 Å². The molecule has 2 unspecified atom stereocenters. The average Bonchev–Trinajstić information content (AvgIpc) is 2.49. The Balaban J connectivity index is 4.05. The number of aliphatic hydroxyl groups is 1. The summed E-state index contributed by atoms with van der Waals surface area (Å²) in [5.74, 6) is 0. The maximum absolute atomic E-state index is 11.5. The summed E-state index contributed by atoms with van der Waals surface area (Å²) in [5.41, 5.74) is 1.66. The third-order valence-corrected chi connectivity index (χ3v) is 6.68. The zero-order valence-corrected chi connectivity index (χ0v) is 17.3. The van der Waals surface area contributed by atoms with Gasteiger partial charge in [-0.2, -0.15) is 0 Å². The molecule has 144 valence electrons. The second-order valence-corrected chi connectivity index (χ2v) is 9.97. The van der Waals surface area contributed by atoms with Crippen LogP contribution >= 0.6 is 15.4 Å². The standard InChI is InChI=1S/C17H30O6P2/c1-14(2)7-5-8-15(3)9-6-10-16(4)11-12-23-13-24(19)17(18)25(20,21)22/h7,9,11,17-18H,5-6,8,10,12-13H2,1-4H3,(H-,20,21,22)/p+1.